The van der Waals surface area contributed by atoms with Gasteiger partial charge in [-0.25, -0.2) is 4.99 Å². The van der Waals surface area contributed by atoms with Crippen LogP contribution in [0.1, 0.15) is 49.4 Å². The van der Waals surface area contributed by atoms with Crippen molar-refractivity contribution < 1.29 is 4.79 Å². The third-order valence-corrected chi connectivity index (χ3v) is 5.84. The van der Waals surface area contributed by atoms with Crippen molar-refractivity contribution in [2.75, 3.05) is 13.1 Å². The van der Waals surface area contributed by atoms with Crippen LogP contribution in [-0.2, 0) is 17.9 Å². The van der Waals surface area contributed by atoms with E-state index in [2.05, 4.69) is 35.8 Å². The first kappa shape index (κ1) is 25.7. The molecule has 1 atom stereocenters. The normalized spacial score (nSPS) is 14.9. The van der Waals surface area contributed by atoms with Gasteiger partial charge in [-0.15, -0.1) is 24.0 Å². The Morgan fingerprint density at radius 2 is 1.94 bits per heavy atom. The van der Waals surface area contributed by atoms with Gasteiger partial charge in [0.05, 0.1) is 22.6 Å². The second kappa shape index (κ2) is 12.5. The molecule has 3 rings (SSSR count). The monoisotopic (exact) mass is 574 g/mol. The predicted molar refractivity (Wildman–Crippen MR) is 139 cm³/mol. The molecule has 31 heavy (non-hydrogen) atoms. The number of likely N-dealkylation sites (tertiary alicyclic amines) is 1. The minimum atomic E-state index is 0. The summed E-state index contributed by atoms with van der Waals surface area (Å²) in [6, 6.07) is 13.9. The highest BCUT2D eigenvalue weighted by Crippen LogP contribution is 2.25. The lowest BCUT2D eigenvalue weighted by molar-refractivity contribution is -0.128. The van der Waals surface area contributed by atoms with E-state index in [1.165, 1.54) is 0 Å². The maximum atomic E-state index is 11.9. The van der Waals surface area contributed by atoms with E-state index in [9.17, 15) is 4.79 Å². The Labute approximate surface area is 211 Å². The van der Waals surface area contributed by atoms with E-state index in [4.69, 9.17) is 28.2 Å². The van der Waals surface area contributed by atoms with E-state index in [0.717, 1.165) is 42.2 Å². The summed E-state index contributed by atoms with van der Waals surface area (Å²) in [5.41, 5.74) is 3.28. The van der Waals surface area contributed by atoms with Gasteiger partial charge in [0, 0.05) is 26.1 Å². The molecule has 1 aliphatic heterocycles. The molecule has 8 heteroatoms. The van der Waals surface area contributed by atoms with Gasteiger partial charge in [0.25, 0.3) is 0 Å². The summed E-state index contributed by atoms with van der Waals surface area (Å²) < 4.78 is 0. The number of halogens is 3. The fourth-order valence-corrected chi connectivity index (χ4v) is 3.78. The van der Waals surface area contributed by atoms with Crippen molar-refractivity contribution in [3.8, 4) is 0 Å². The van der Waals surface area contributed by atoms with Gasteiger partial charge >= 0.3 is 0 Å². The van der Waals surface area contributed by atoms with Crippen molar-refractivity contribution >= 4 is 59.0 Å². The lowest BCUT2D eigenvalue weighted by Crippen LogP contribution is -2.38. The van der Waals surface area contributed by atoms with E-state index in [1.807, 2.05) is 30.0 Å². The molecule has 1 heterocycles. The first-order valence-corrected chi connectivity index (χ1v) is 11.1. The number of aliphatic imine (C=N–C) groups is 1. The number of nitrogens with zero attached hydrogens (tertiary/aromatic N) is 2. The van der Waals surface area contributed by atoms with Gasteiger partial charge < -0.3 is 15.5 Å². The zero-order valence-corrected chi connectivity index (χ0v) is 21.7. The summed E-state index contributed by atoms with van der Waals surface area (Å²) in [5, 5.41) is 7.79. The van der Waals surface area contributed by atoms with Gasteiger partial charge in [0.2, 0.25) is 5.91 Å². The number of guanidine groups is 1. The molecule has 1 fully saturated rings. The topological polar surface area (TPSA) is 56.7 Å². The summed E-state index contributed by atoms with van der Waals surface area (Å²) in [5.74, 6) is 0.976. The van der Waals surface area contributed by atoms with Crippen LogP contribution in [0, 0.1) is 0 Å². The molecule has 1 unspecified atom stereocenters. The van der Waals surface area contributed by atoms with Crippen LogP contribution >= 0.6 is 47.2 Å². The summed E-state index contributed by atoms with van der Waals surface area (Å²) in [7, 11) is 0. The minimum absolute atomic E-state index is 0. The number of benzene rings is 2. The highest BCUT2D eigenvalue weighted by Gasteiger charge is 2.19. The maximum absolute atomic E-state index is 11.9. The van der Waals surface area contributed by atoms with Gasteiger partial charge in [-0.2, -0.15) is 0 Å². The van der Waals surface area contributed by atoms with E-state index in [-0.39, 0.29) is 35.9 Å². The molecular weight excluding hydrogens is 546 g/mol. The Kier molecular flexibility index (Phi) is 10.4. The Bertz CT molecular complexity index is 922. The standard InChI is InChI=1S/C23H28Cl2N4O.HI/c1-3-26-23(28-16(2)19-9-10-20(24)21(25)13-19)27-14-17-6-4-7-18(12-17)15-29-11-5-8-22(29)30;/h4,6-7,9-10,12-13,16H,3,5,8,11,14-15H2,1-2H3,(H2,26,27,28);1H. The van der Waals surface area contributed by atoms with Crippen LogP contribution in [0.15, 0.2) is 47.5 Å². The zero-order valence-electron chi connectivity index (χ0n) is 17.8. The summed E-state index contributed by atoms with van der Waals surface area (Å²) >= 11 is 12.2. The second-order valence-electron chi connectivity index (χ2n) is 7.47. The maximum Gasteiger partial charge on any atom is 0.222 e. The number of nitrogens with one attached hydrogen (secondary N) is 2. The number of rotatable bonds is 7. The van der Waals surface area contributed by atoms with Crippen LogP contribution in [0.25, 0.3) is 0 Å². The smallest absolute Gasteiger partial charge is 0.222 e. The molecule has 0 aliphatic carbocycles. The highest BCUT2D eigenvalue weighted by atomic mass is 127. The summed E-state index contributed by atoms with van der Waals surface area (Å²) in [6.45, 7) is 6.92. The van der Waals surface area contributed by atoms with Gasteiger partial charge in [-0.05, 0) is 49.1 Å². The lowest BCUT2D eigenvalue weighted by Gasteiger charge is -2.19. The number of hydrogen-bond donors (Lipinski definition) is 2. The largest absolute Gasteiger partial charge is 0.357 e. The first-order valence-electron chi connectivity index (χ1n) is 10.3. The van der Waals surface area contributed by atoms with Crippen LogP contribution in [-0.4, -0.2) is 29.9 Å². The SMILES string of the molecule is CCNC(=NCc1cccc(CN2CCCC2=O)c1)NC(C)c1ccc(Cl)c(Cl)c1.I. The second-order valence-corrected chi connectivity index (χ2v) is 8.29. The predicted octanol–water partition coefficient (Wildman–Crippen LogP) is 5.55. The van der Waals surface area contributed by atoms with E-state index in [0.29, 0.717) is 29.6 Å². The van der Waals surface area contributed by atoms with Crippen LogP contribution in [0.2, 0.25) is 10.0 Å². The Morgan fingerprint density at radius 3 is 2.61 bits per heavy atom. The molecule has 0 spiro atoms. The molecule has 2 aromatic carbocycles. The molecule has 168 valence electrons. The molecule has 1 amide bonds. The van der Waals surface area contributed by atoms with E-state index >= 15 is 0 Å². The van der Waals surface area contributed by atoms with Crippen molar-refractivity contribution in [2.45, 2.75) is 45.8 Å². The third kappa shape index (κ3) is 7.54. The number of carbonyl (C=O) groups excluding carboxylic acids is 1. The highest BCUT2D eigenvalue weighted by molar-refractivity contribution is 14.0. The van der Waals surface area contributed by atoms with Gasteiger partial charge in [-0.3, -0.25) is 4.79 Å². The molecule has 0 aromatic heterocycles. The third-order valence-electron chi connectivity index (χ3n) is 5.10. The van der Waals surface area contributed by atoms with Gasteiger partial charge in [-0.1, -0.05) is 53.5 Å². The Hall–Kier alpha value is -1.51. The van der Waals surface area contributed by atoms with Crippen LogP contribution in [0.5, 0.6) is 0 Å². The molecule has 0 bridgehead atoms. The van der Waals surface area contributed by atoms with Crippen molar-refractivity contribution in [3.63, 3.8) is 0 Å². The van der Waals surface area contributed by atoms with Crippen molar-refractivity contribution in [2.24, 2.45) is 4.99 Å². The van der Waals surface area contributed by atoms with Gasteiger partial charge in [0.15, 0.2) is 5.96 Å². The molecule has 2 aromatic rings. The fourth-order valence-electron chi connectivity index (χ4n) is 3.48. The quantitative estimate of drug-likeness (QED) is 0.259. The molecule has 1 saturated heterocycles. The minimum Gasteiger partial charge on any atom is -0.357 e. The van der Waals surface area contributed by atoms with Gasteiger partial charge in [0.1, 0.15) is 0 Å². The molecule has 0 saturated carbocycles. The number of amides is 1. The van der Waals surface area contributed by atoms with Crippen molar-refractivity contribution in [1.29, 1.82) is 0 Å². The molecule has 1 aliphatic rings. The average Bonchev–Trinajstić information content (AvgIpc) is 3.13. The van der Waals surface area contributed by atoms with E-state index in [1.54, 1.807) is 6.07 Å². The van der Waals surface area contributed by atoms with Crippen LogP contribution in [0.4, 0.5) is 0 Å². The fraction of sp³-hybridized carbons (Fsp3) is 0.391. The van der Waals surface area contributed by atoms with Crippen molar-refractivity contribution in [3.05, 3.63) is 69.2 Å². The Balaban J connectivity index is 0.00000341. The number of hydrogen-bond acceptors (Lipinski definition) is 2. The van der Waals surface area contributed by atoms with Crippen LogP contribution < -0.4 is 10.6 Å². The Morgan fingerprint density at radius 1 is 1.16 bits per heavy atom. The average molecular weight is 575 g/mol. The summed E-state index contributed by atoms with van der Waals surface area (Å²) in [6.07, 6.45) is 1.62. The van der Waals surface area contributed by atoms with Crippen LogP contribution in [0.3, 0.4) is 0 Å². The number of carbonyl (C=O) groups is 1. The molecule has 5 nitrogen and oxygen atoms in total. The van der Waals surface area contributed by atoms with Crippen molar-refractivity contribution in [1.82, 2.24) is 15.5 Å². The molecule has 2 N–H and O–H groups in total. The lowest BCUT2D eigenvalue weighted by atomic mass is 10.1. The van der Waals surface area contributed by atoms with E-state index < -0.39 is 0 Å². The zero-order chi connectivity index (χ0) is 21.5. The summed E-state index contributed by atoms with van der Waals surface area (Å²) in [4.78, 5) is 18.5. The first-order chi connectivity index (χ1) is 14.5. The molecular formula is C23H29Cl2IN4O. The molecule has 0 radical (unpaired) electrons.